The van der Waals surface area contributed by atoms with Crippen LogP contribution in [-0.2, 0) is 4.79 Å². The van der Waals surface area contributed by atoms with Crippen LogP contribution in [0.3, 0.4) is 0 Å². The van der Waals surface area contributed by atoms with E-state index in [1.807, 2.05) is 6.92 Å². The number of carbonyl (C=O) groups excluding carboxylic acids is 1. The maximum absolute atomic E-state index is 12.5. The summed E-state index contributed by atoms with van der Waals surface area (Å²) in [6, 6.07) is 0. The SMILES string of the molecule is CC(=O)C1(C2C3CC4CC(C3)CC2C4)CCNCC1. The highest BCUT2D eigenvalue weighted by atomic mass is 16.1. The van der Waals surface area contributed by atoms with Gasteiger partial charge in [-0.1, -0.05) is 0 Å². The van der Waals surface area contributed by atoms with Gasteiger partial charge in [-0.3, -0.25) is 4.79 Å². The molecule has 5 aliphatic rings. The molecular formula is C17H27NO. The summed E-state index contributed by atoms with van der Waals surface area (Å²) in [5, 5.41) is 3.46. The third-order valence-electron chi connectivity index (χ3n) is 7.06. The molecule has 0 radical (unpaired) electrons. The molecule has 1 saturated heterocycles. The Bertz CT molecular complexity index is 355. The van der Waals surface area contributed by atoms with Crippen LogP contribution in [0.1, 0.15) is 51.9 Å². The number of carbonyl (C=O) groups is 1. The maximum atomic E-state index is 12.5. The van der Waals surface area contributed by atoms with Gasteiger partial charge in [0.15, 0.2) is 0 Å². The van der Waals surface area contributed by atoms with Crippen LogP contribution < -0.4 is 5.32 Å². The average Bonchev–Trinajstić information content (AvgIpc) is 2.38. The molecule has 0 aromatic rings. The van der Waals surface area contributed by atoms with Crippen molar-refractivity contribution in [3.63, 3.8) is 0 Å². The van der Waals surface area contributed by atoms with Crippen molar-refractivity contribution >= 4 is 5.78 Å². The van der Waals surface area contributed by atoms with Gasteiger partial charge in [-0.05, 0) is 94.5 Å². The first kappa shape index (κ1) is 12.4. The van der Waals surface area contributed by atoms with E-state index < -0.39 is 0 Å². The van der Waals surface area contributed by atoms with Crippen LogP contribution >= 0.6 is 0 Å². The third-order valence-corrected chi connectivity index (χ3v) is 7.06. The summed E-state index contributed by atoms with van der Waals surface area (Å²) in [4.78, 5) is 12.5. The van der Waals surface area contributed by atoms with Gasteiger partial charge in [0.1, 0.15) is 5.78 Å². The van der Waals surface area contributed by atoms with Gasteiger partial charge in [-0.25, -0.2) is 0 Å². The lowest BCUT2D eigenvalue weighted by Crippen LogP contribution is -2.56. The molecule has 5 rings (SSSR count). The summed E-state index contributed by atoms with van der Waals surface area (Å²) in [5.74, 6) is 5.05. The largest absolute Gasteiger partial charge is 0.317 e. The second-order valence-electron chi connectivity index (χ2n) is 7.92. The molecule has 4 saturated carbocycles. The van der Waals surface area contributed by atoms with Crippen molar-refractivity contribution in [2.75, 3.05) is 13.1 Å². The average molecular weight is 261 g/mol. The molecule has 19 heavy (non-hydrogen) atoms. The zero-order valence-corrected chi connectivity index (χ0v) is 12.2. The van der Waals surface area contributed by atoms with Crippen LogP contribution in [-0.4, -0.2) is 18.9 Å². The van der Waals surface area contributed by atoms with Crippen molar-refractivity contribution in [2.24, 2.45) is 35.0 Å². The fourth-order valence-corrected chi connectivity index (χ4v) is 6.62. The predicted molar refractivity (Wildman–Crippen MR) is 75.8 cm³/mol. The van der Waals surface area contributed by atoms with Crippen molar-refractivity contribution in [1.29, 1.82) is 0 Å². The number of hydrogen-bond donors (Lipinski definition) is 1. The monoisotopic (exact) mass is 261 g/mol. The standard InChI is InChI=1S/C17H27NO/c1-11(19)17(2-4-18-5-3-17)16-14-7-12-6-13(9-14)10-15(16)8-12/h12-16,18H,2-10H2,1H3. The number of ketones is 1. The van der Waals surface area contributed by atoms with E-state index >= 15 is 0 Å². The van der Waals surface area contributed by atoms with E-state index in [1.165, 1.54) is 32.1 Å². The summed E-state index contributed by atoms with van der Waals surface area (Å²) >= 11 is 0. The lowest BCUT2D eigenvalue weighted by atomic mass is 9.45. The molecule has 5 fully saturated rings. The molecule has 1 N–H and O–H groups in total. The summed E-state index contributed by atoms with van der Waals surface area (Å²) < 4.78 is 0. The van der Waals surface area contributed by atoms with Crippen molar-refractivity contribution in [1.82, 2.24) is 5.32 Å². The van der Waals surface area contributed by atoms with E-state index in [0.717, 1.165) is 55.5 Å². The molecule has 0 aromatic carbocycles. The Balaban J connectivity index is 1.68. The molecular weight excluding hydrogens is 234 g/mol. The van der Waals surface area contributed by atoms with E-state index in [2.05, 4.69) is 5.32 Å². The summed E-state index contributed by atoms with van der Waals surface area (Å²) in [6.07, 6.45) is 9.50. The minimum absolute atomic E-state index is 0.0495. The quantitative estimate of drug-likeness (QED) is 0.828. The second kappa shape index (κ2) is 4.31. The van der Waals surface area contributed by atoms with Crippen LogP contribution in [0.25, 0.3) is 0 Å². The first-order chi connectivity index (χ1) is 9.19. The van der Waals surface area contributed by atoms with E-state index in [4.69, 9.17) is 0 Å². The fraction of sp³-hybridized carbons (Fsp3) is 0.941. The minimum Gasteiger partial charge on any atom is -0.317 e. The van der Waals surface area contributed by atoms with Gasteiger partial charge in [0, 0.05) is 5.41 Å². The Kier molecular flexibility index (Phi) is 2.81. The van der Waals surface area contributed by atoms with Gasteiger partial charge < -0.3 is 5.32 Å². The number of hydrogen-bond acceptors (Lipinski definition) is 2. The van der Waals surface area contributed by atoms with Crippen LogP contribution in [0.4, 0.5) is 0 Å². The first-order valence-corrected chi connectivity index (χ1v) is 8.41. The van der Waals surface area contributed by atoms with Crippen LogP contribution in [0.5, 0.6) is 0 Å². The first-order valence-electron chi connectivity index (χ1n) is 8.41. The molecule has 1 aliphatic heterocycles. The van der Waals surface area contributed by atoms with Crippen LogP contribution in [0, 0.1) is 35.0 Å². The Morgan fingerprint density at radius 1 is 0.947 bits per heavy atom. The Morgan fingerprint density at radius 3 is 1.95 bits per heavy atom. The Hall–Kier alpha value is -0.370. The molecule has 0 unspecified atom stereocenters. The number of rotatable bonds is 2. The molecule has 4 bridgehead atoms. The normalized spacial score (nSPS) is 47.3. The maximum Gasteiger partial charge on any atom is 0.136 e. The highest BCUT2D eigenvalue weighted by Crippen LogP contribution is 2.62. The van der Waals surface area contributed by atoms with Gasteiger partial charge in [0.2, 0.25) is 0 Å². The Labute approximate surface area is 116 Å². The number of piperidine rings is 1. The zero-order chi connectivity index (χ0) is 13.0. The van der Waals surface area contributed by atoms with Crippen molar-refractivity contribution in [3.8, 4) is 0 Å². The minimum atomic E-state index is 0.0495. The van der Waals surface area contributed by atoms with Gasteiger partial charge in [0.25, 0.3) is 0 Å². The van der Waals surface area contributed by atoms with Crippen LogP contribution in [0.15, 0.2) is 0 Å². The Morgan fingerprint density at radius 2 is 1.47 bits per heavy atom. The van der Waals surface area contributed by atoms with Gasteiger partial charge >= 0.3 is 0 Å². The fourth-order valence-electron chi connectivity index (χ4n) is 6.62. The molecule has 2 nitrogen and oxygen atoms in total. The molecule has 0 spiro atoms. The highest BCUT2D eigenvalue weighted by Gasteiger charge is 2.57. The molecule has 1 heterocycles. The number of Topliss-reactive ketones (excluding diaryl/α,β-unsaturated/α-hetero) is 1. The lowest BCUT2D eigenvalue weighted by Gasteiger charge is -2.60. The summed E-state index contributed by atoms with van der Waals surface area (Å²) in [7, 11) is 0. The van der Waals surface area contributed by atoms with Crippen molar-refractivity contribution in [3.05, 3.63) is 0 Å². The van der Waals surface area contributed by atoms with E-state index in [-0.39, 0.29) is 5.41 Å². The highest BCUT2D eigenvalue weighted by molar-refractivity contribution is 5.83. The van der Waals surface area contributed by atoms with E-state index in [1.54, 1.807) is 0 Å². The zero-order valence-electron chi connectivity index (χ0n) is 12.2. The molecule has 106 valence electrons. The van der Waals surface area contributed by atoms with E-state index in [0.29, 0.717) is 5.78 Å². The predicted octanol–water partition coefficient (Wildman–Crippen LogP) is 3.02. The summed E-state index contributed by atoms with van der Waals surface area (Å²) in [6.45, 7) is 4.00. The van der Waals surface area contributed by atoms with Gasteiger partial charge in [0.05, 0.1) is 0 Å². The number of nitrogens with one attached hydrogen (secondary N) is 1. The summed E-state index contributed by atoms with van der Waals surface area (Å²) in [5.41, 5.74) is 0.0495. The van der Waals surface area contributed by atoms with Crippen molar-refractivity contribution in [2.45, 2.75) is 51.9 Å². The van der Waals surface area contributed by atoms with Crippen LogP contribution in [0.2, 0.25) is 0 Å². The van der Waals surface area contributed by atoms with Crippen molar-refractivity contribution < 1.29 is 4.79 Å². The van der Waals surface area contributed by atoms with Gasteiger partial charge in [-0.15, -0.1) is 0 Å². The third kappa shape index (κ3) is 1.75. The second-order valence-corrected chi connectivity index (χ2v) is 7.92. The lowest BCUT2D eigenvalue weighted by molar-refractivity contribution is -0.149. The molecule has 4 aliphatic carbocycles. The van der Waals surface area contributed by atoms with Gasteiger partial charge in [-0.2, -0.15) is 0 Å². The molecule has 0 aromatic heterocycles. The molecule has 0 amide bonds. The smallest absolute Gasteiger partial charge is 0.136 e. The molecule has 0 atom stereocenters. The topological polar surface area (TPSA) is 29.1 Å². The van der Waals surface area contributed by atoms with E-state index in [9.17, 15) is 4.79 Å². The molecule has 2 heteroatoms.